The molecule has 11 amide bonds. The van der Waals surface area contributed by atoms with Gasteiger partial charge in [-0.15, -0.1) is 0 Å². The van der Waals surface area contributed by atoms with E-state index in [0.29, 0.717) is 12.3 Å². The highest BCUT2D eigenvalue weighted by Crippen LogP contribution is 2.14. The summed E-state index contributed by atoms with van der Waals surface area (Å²) in [6, 6.07) is -14.3. The first-order valence-electron chi connectivity index (χ1n) is 29.0. The number of carbonyl (C=O) groups is 11. The van der Waals surface area contributed by atoms with E-state index in [0.717, 1.165) is 12.8 Å². The van der Waals surface area contributed by atoms with Gasteiger partial charge in [-0.2, -0.15) is 0 Å². The Bertz CT molecular complexity index is 2080. The Kier molecular flexibility index (Phi) is 34.9. The fraction of sp³-hybridized carbons (Fsp3) is 0.796. The topological polar surface area (TPSA) is 465 Å². The summed E-state index contributed by atoms with van der Waals surface area (Å²) in [7, 11) is 0. The molecular formula is C54H101N15O13. The minimum atomic E-state index is -1.69. The molecule has 0 aliphatic carbocycles. The summed E-state index contributed by atoms with van der Waals surface area (Å²) in [5, 5.41) is 49.9. The van der Waals surface area contributed by atoms with Crippen LogP contribution in [0.25, 0.3) is 0 Å². The van der Waals surface area contributed by atoms with Crippen molar-refractivity contribution in [2.24, 2.45) is 46.6 Å². The molecule has 470 valence electrons. The summed E-state index contributed by atoms with van der Waals surface area (Å²) in [5.41, 5.74) is 23.4. The highest BCUT2D eigenvalue weighted by Gasteiger charge is 2.38. The summed E-state index contributed by atoms with van der Waals surface area (Å²) in [6.45, 7) is 16.4. The van der Waals surface area contributed by atoms with Crippen molar-refractivity contribution in [1.29, 1.82) is 0 Å². The Hall–Kier alpha value is -6.07. The van der Waals surface area contributed by atoms with Gasteiger partial charge in [0.2, 0.25) is 65.0 Å². The van der Waals surface area contributed by atoms with Crippen molar-refractivity contribution in [3.8, 4) is 0 Å². The summed E-state index contributed by atoms with van der Waals surface area (Å²) in [6.07, 6.45) is -1.47. The van der Waals surface area contributed by atoms with Crippen LogP contribution in [0.15, 0.2) is 0 Å². The van der Waals surface area contributed by atoms with Crippen molar-refractivity contribution < 1.29 is 63.0 Å². The van der Waals surface area contributed by atoms with Crippen LogP contribution >= 0.6 is 0 Å². The van der Waals surface area contributed by atoms with Gasteiger partial charge in [0.05, 0.1) is 12.2 Å². The van der Waals surface area contributed by atoms with Crippen molar-refractivity contribution in [2.45, 2.75) is 219 Å². The molecule has 0 aromatic rings. The van der Waals surface area contributed by atoms with E-state index >= 15 is 0 Å². The largest absolute Gasteiger partial charge is 0.391 e. The first-order chi connectivity index (χ1) is 38.5. The number of nitrogens with one attached hydrogen (secondary N) is 11. The normalized spacial score (nSPS) is 23.5. The number of nitrogens with two attached hydrogens (primary N) is 4. The van der Waals surface area contributed by atoms with Gasteiger partial charge >= 0.3 is 0 Å². The lowest BCUT2D eigenvalue weighted by molar-refractivity contribution is -0.137. The number of amides is 11. The molecule has 28 heteroatoms. The zero-order valence-corrected chi connectivity index (χ0v) is 50.0. The van der Waals surface area contributed by atoms with E-state index in [2.05, 4.69) is 65.4 Å². The van der Waals surface area contributed by atoms with Gasteiger partial charge in [-0.05, 0) is 121 Å². The molecular weight excluding hydrogens is 1070 g/mol. The van der Waals surface area contributed by atoms with Crippen LogP contribution in [0.5, 0.6) is 0 Å². The van der Waals surface area contributed by atoms with Crippen LogP contribution in [-0.2, 0) is 52.7 Å². The summed E-state index contributed by atoms with van der Waals surface area (Å²) < 4.78 is 0. The lowest BCUT2D eigenvalue weighted by Crippen LogP contribution is -2.62. The number of aliphatic hydroxyl groups excluding tert-OH is 2. The van der Waals surface area contributed by atoms with Crippen LogP contribution < -0.4 is 81.4 Å². The number of aliphatic hydroxyl groups is 2. The van der Waals surface area contributed by atoms with Crippen LogP contribution in [-0.4, -0.2) is 181 Å². The molecule has 1 rings (SSSR count). The molecule has 0 aromatic carbocycles. The average Bonchev–Trinajstić information content (AvgIpc) is 3.46. The molecule has 1 aliphatic heterocycles. The maximum atomic E-state index is 14.4. The first-order valence-corrected chi connectivity index (χ1v) is 29.0. The smallest absolute Gasteiger partial charge is 0.245 e. The van der Waals surface area contributed by atoms with Crippen molar-refractivity contribution in [3.63, 3.8) is 0 Å². The van der Waals surface area contributed by atoms with Crippen LogP contribution in [0.1, 0.15) is 146 Å². The van der Waals surface area contributed by atoms with E-state index < -0.39 is 151 Å². The molecule has 13 atom stereocenters. The van der Waals surface area contributed by atoms with Gasteiger partial charge < -0.3 is 91.6 Å². The van der Waals surface area contributed by atoms with Crippen LogP contribution in [0.2, 0.25) is 0 Å². The van der Waals surface area contributed by atoms with Gasteiger partial charge in [0, 0.05) is 13.0 Å². The van der Waals surface area contributed by atoms with Gasteiger partial charge in [-0.1, -0.05) is 68.2 Å². The van der Waals surface area contributed by atoms with Crippen LogP contribution in [0.4, 0.5) is 0 Å². The lowest BCUT2D eigenvalue weighted by atomic mass is 9.98. The SMILES string of the molecule is CCC(C)CCCC(=O)N[C@@H](CCN)C(=O)N[C@H](C(=O)N[C@@H](CCN)C(=O)N[C@H]1CCNC(=O)[C@H]([C@@H](C)O)NC(=O)[C@H](CCN)NC(=O)[C@H](CC(C)C)NC(=O)[C@H](CC(C)C)NC(=O)[C@@H](CC(C)C)NC(=O)[C@H](CCN)NC1=O)[C@@H](C)O. The molecule has 0 aromatic heterocycles. The van der Waals surface area contributed by atoms with Gasteiger partial charge in [0.25, 0.3) is 0 Å². The van der Waals surface area contributed by atoms with Crippen LogP contribution in [0, 0.1) is 23.7 Å². The third kappa shape index (κ3) is 27.3. The highest BCUT2D eigenvalue weighted by atomic mass is 16.3. The Balaban J connectivity index is 3.86. The first kappa shape index (κ1) is 73.9. The second kappa shape index (κ2) is 38.7. The number of carbonyl (C=O) groups excluding carboxylic acids is 11. The van der Waals surface area contributed by atoms with Crippen LogP contribution in [0.3, 0.4) is 0 Å². The maximum Gasteiger partial charge on any atom is 0.245 e. The molecule has 1 saturated heterocycles. The Labute approximate surface area is 483 Å². The van der Waals surface area contributed by atoms with Gasteiger partial charge in [-0.3, -0.25) is 52.7 Å². The standard InChI is InChI=1S/C54H101N15O13/c1-11-31(8)13-12-14-42(72)60-34(15-20-55)48(76)69-44(33(10)71)54(82)64-36(17-22-57)45(73)63-38-19-24-59-53(81)43(32(9)70)68-49(77)37(18-23-58)62-50(78)39(25-28(2)3)66-52(80)41(27-30(6)7)67-51(79)40(26-29(4)5)65-46(74)35(16-21-56)61-47(38)75/h28-41,43-44,70-71H,11-27,55-58H2,1-10H3,(H,59,81)(H,60,72)(H,61,75)(H,62,78)(H,63,73)(H,64,82)(H,65,74)(H,66,80)(H,67,79)(H,68,77)(H,69,76)/t31?,32-,33-,34+,35+,36+,37+,38+,39+,40-,41+,43+,44+/m1/s1. The number of rotatable bonds is 28. The van der Waals surface area contributed by atoms with E-state index in [1.54, 1.807) is 13.8 Å². The molecule has 28 nitrogen and oxygen atoms in total. The summed E-state index contributed by atoms with van der Waals surface area (Å²) in [5.74, 6) is -9.50. The molecule has 1 aliphatic rings. The fourth-order valence-corrected chi connectivity index (χ4v) is 8.86. The van der Waals surface area contributed by atoms with E-state index in [9.17, 15) is 63.0 Å². The van der Waals surface area contributed by atoms with E-state index in [1.807, 2.05) is 34.6 Å². The third-order valence-electron chi connectivity index (χ3n) is 13.7. The van der Waals surface area contributed by atoms with Crippen molar-refractivity contribution >= 4 is 65.0 Å². The number of hydrogen-bond acceptors (Lipinski definition) is 17. The monoisotopic (exact) mass is 1170 g/mol. The van der Waals surface area contributed by atoms with Gasteiger partial charge in [0.15, 0.2) is 0 Å². The quantitative estimate of drug-likeness (QED) is 0.0354. The molecule has 1 heterocycles. The molecule has 82 heavy (non-hydrogen) atoms. The zero-order valence-electron chi connectivity index (χ0n) is 50.0. The molecule has 0 spiro atoms. The molecule has 1 unspecified atom stereocenters. The van der Waals surface area contributed by atoms with E-state index in [4.69, 9.17) is 22.9 Å². The summed E-state index contributed by atoms with van der Waals surface area (Å²) >= 11 is 0. The zero-order chi connectivity index (χ0) is 62.4. The summed E-state index contributed by atoms with van der Waals surface area (Å²) in [4.78, 5) is 153. The second-order valence-corrected chi connectivity index (χ2v) is 22.7. The Morgan fingerprint density at radius 2 is 0.951 bits per heavy atom. The number of hydrogen-bond donors (Lipinski definition) is 17. The van der Waals surface area contributed by atoms with E-state index in [-0.39, 0.29) is 95.3 Å². The Morgan fingerprint density at radius 1 is 0.524 bits per heavy atom. The Morgan fingerprint density at radius 3 is 1.37 bits per heavy atom. The lowest BCUT2D eigenvalue weighted by Gasteiger charge is -2.29. The van der Waals surface area contributed by atoms with E-state index in [1.165, 1.54) is 13.8 Å². The predicted octanol–water partition coefficient (Wildman–Crippen LogP) is -4.13. The second-order valence-electron chi connectivity index (χ2n) is 22.7. The molecule has 0 saturated carbocycles. The minimum absolute atomic E-state index is 0.0119. The maximum absolute atomic E-state index is 14.4. The molecule has 0 bridgehead atoms. The fourth-order valence-electron chi connectivity index (χ4n) is 8.86. The molecule has 0 radical (unpaired) electrons. The average molecular weight is 1170 g/mol. The third-order valence-corrected chi connectivity index (χ3v) is 13.7. The van der Waals surface area contributed by atoms with Gasteiger partial charge in [0.1, 0.15) is 60.4 Å². The van der Waals surface area contributed by atoms with Crippen molar-refractivity contribution in [3.05, 3.63) is 0 Å². The highest BCUT2D eigenvalue weighted by molar-refractivity contribution is 5.99. The molecule has 1 fully saturated rings. The van der Waals surface area contributed by atoms with Gasteiger partial charge in [-0.25, -0.2) is 0 Å². The predicted molar refractivity (Wildman–Crippen MR) is 307 cm³/mol. The van der Waals surface area contributed by atoms with Crippen molar-refractivity contribution in [1.82, 2.24) is 58.5 Å². The molecule has 21 N–H and O–H groups in total. The van der Waals surface area contributed by atoms with Crippen molar-refractivity contribution in [2.75, 3.05) is 32.7 Å². The minimum Gasteiger partial charge on any atom is -0.391 e.